The molecule has 0 bridgehead atoms. The van der Waals surface area contributed by atoms with E-state index in [9.17, 15) is 18.0 Å². The SMILES string of the molecule is CC(C)(C)Nc1nccc(C(=O)Nc2ccc(C(F)(F)F)cc2)n1. The number of halogens is 3. The molecule has 5 nitrogen and oxygen atoms in total. The van der Waals surface area contributed by atoms with Crippen LogP contribution in [0.2, 0.25) is 0 Å². The van der Waals surface area contributed by atoms with E-state index in [1.807, 2.05) is 20.8 Å². The van der Waals surface area contributed by atoms with Crippen molar-refractivity contribution in [3.8, 4) is 0 Å². The smallest absolute Gasteiger partial charge is 0.350 e. The van der Waals surface area contributed by atoms with E-state index in [0.717, 1.165) is 12.1 Å². The zero-order valence-corrected chi connectivity index (χ0v) is 13.4. The number of alkyl halides is 3. The third-order valence-electron chi connectivity index (χ3n) is 2.85. The zero-order valence-electron chi connectivity index (χ0n) is 13.4. The Morgan fingerprint density at radius 2 is 1.67 bits per heavy atom. The van der Waals surface area contributed by atoms with Crippen molar-refractivity contribution < 1.29 is 18.0 Å². The largest absolute Gasteiger partial charge is 0.416 e. The summed E-state index contributed by atoms with van der Waals surface area (Å²) in [5, 5.41) is 5.54. The van der Waals surface area contributed by atoms with Gasteiger partial charge in [-0.05, 0) is 51.1 Å². The van der Waals surface area contributed by atoms with E-state index in [2.05, 4.69) is 20.6 Å². The maximum Gasteiger partial charge on any atom is 0.416 e. The minimum atomic E-state index is -4.41. The third-order valence-corrected chi connectivity index (χ3v) is 2.85. The molecule has 0 aliphatic rings. The van der Waals surface area contributed by atoms with Gasteiger partial charge >= 0.3 is 6.18 Å². The van der Waals surface area contributed by atoms with E-state index < -0.39 is 17.6 Å². The quantitative estimate of drug-likeness (QED) is 0.889. The van der Waals surface area contributed by atoms with E-state index >= 15 is 0 Å². The Labute approximate surface area is 137 Å². The maximum atomic E-state index is 12.5. The predicted octanol–water partition coefficient (Wildman–Crippen LogP) is 3.96. The van der Waals surface area contributed by atoms with Crippen LogP contribution in [-0.4, -0.2) is 21.4 Å². The van der Waals surface area contributed by atoms with Crippen molar-refractivity contribution in [1.82, 2.24) is 9.97 Å². The van der Waals surface area contributed by atoms with Crippen molar-refractivity contribution in [3.63, 3.8) is 0 Å². The first kappa shape index (κ1) is 17.7. The second kappa shape index (κ2) is 6.46. The molecular weight excluding hydrogens is 321 g/mol. The first-order chi connectivity index (χ1) is 11.0. The summed E-state index contributed by atoms with van der Waals surface area (Å²) in [5.74, 6) is -0.239. The number of rotatable bonds is 3. The van der Waals surface area contributed by atoms with Gasteiger partial charge in [0.05, 0.1) is 5.56 Å². The molecule has 1 amide bonds. The lowest BCUT2D eigenvalue weighted by Crippen LogP contribution is -2.28. The van der Waals surface area contributed by atoms with Crippen LogP contribution < -0.4 is 10.6 Å². The van der Waals surface area contributed by atoms with E-state index in [4.69, 9.17) is 0 Å². The molecule has 2 N–H and O–H groups in total. The minimum absolute atomic E-state index is 0.108. The number of anilines is 2. The summed E-state index contributed by atoms with van der Waals surface area (Å²) >= 11 is 0. The van der Waals surface area contributed by atoms with E-state index in [1.54, 1.807) is 0 Å². The highest BCUT2D eigenvalue weighted by molar-refractivity contribution is 6.02. The zero-order chi connectivity index (χ0) is 18.0. The molecule has 24 heavy (non-hydrogen) atoms. The lowest BCUT2D eigenvalue weighted by atomic mass is 10.1. The molecule has 8 heteroatoms. The lowest BCUT2D eigenvalue weighted by Gasteiger charge is -2.20. The van der Waals surface area contributed by atoms with Gasteiger partial charge in [0.15, 0.2) is 0 Å². The fourth-order valence-electron chi connectivity index (χ4n) is 1.82. The number of hydrogen-bond donors (Lipinski definition) is 2. The fourth-order valence-corrected chi connectivity index (χ4v) is 1.82. The summed E-state index contributed by atoms with van der Waals surface area (Å²) in [6.07, 6.45) is -2.98. The molecule has 0 saturated carbocycles. The van der Waals surface area contributed by atoms with Crippen molar-refractivity contribution in [2.75, 3.05) is 10.6 Å². The summed E-state index contributed by atoms with van der Waals surface area (Å²) in [7, 11) is 0. The van der Waals surface area contributed by atoms with Crippen LogP contribution in [0.3, 0.4) is 0 Å². The van der Waals surface area contributed by atoms with Crippen LogP contribution >= 0.6 is 0 Å². The molecule has 0 fully saturated rings. The Bertz CT molecular complexity index is 721. The first-order valence-corrected chi connectivity index (χ1v) is 7.14. The van der Waals surface area contributed by atoms with Crippen LogP contribution in [0, 0.1) is 0 Å². The molecule has 0 aliphatic heterocycles. The highest BCUT2D eigenvalue weighted by Crippen LogP contribution is 2.29. The second-order valence-corrected chi connectivity index (χ2v) is 6.17. The van der Waals surface area contributed by atoms with Gasteiger partial charge in [0.1, 0.15) is 5.69 Å². The van der Waals surface area contributed by atoms with Gasteiger partial charge in [-0.2, -0.15) is 13.2 Å². The molecular formula is C16H17F3N4O. The van der Waals surface area contributed by atoms with Crippen LogP contribution in [0.1, 0.15) is 36.8 Å². The van der Waals surface area contributed by atoms with Crippen molar-refractivity contribution in [3.05, 3.63) is 47.8 Å². The Morgan fingerprint density at radius 3 is 2.21 bits per heavy atom. The topological polar surface area (TPSA) is 66.9 Å². The molecule has 1 aromatic carbocycles. The minimum Gasteiger partial charge on any atom is -0.350 e. The summed E-state index contributed by atoms with van der Waals surface area (Å²) in [6.45, 7) is 5.77. The van der Waals surface area contributed by atoms with Gasteiger partial charge < -0.3 is 10.6 Å². The third kappa shape index (κ3) is 4.94. The Hall–Kier alpha value is -2.64. The van der Waals surface area contributed by atoms with E-state index in [0.29, 0.717) is 5.95 Å². The monoisotopic (exact) mass is 338 g/mol. The predicted molar refractivity (Wildman–Crippen MR) is 84.8 cm³/mol. The maximum absolute atomic E-state index is 12.5. The number of benzene rings is 1. The highest BCUT2D eigenvalue weighted by Gasteiger charge is 2.30. The molecule has 0 radical (unpaired) electrons. The standard InChI is InChI=1S/C16H17F3N4O/c1-15(2,3)23-14-20-9-8-12(22-14)13(24)21-11-6-4-10(5-7-11)16(17,18)19/h4-9H,1-3H3,(H,21,24)(H,20,22,23). The normalized spacial score (nSPS) is 11.9. The molecule has 0 aliphatic carbocycles. The second-order valence-electron chi connectivity index (χ2n) is 6.17. The van der Waals surface area contributed by atoms with Gasteiger partial charge in [0.25, 0.3) is 5.91 Å². The molecule has 2 rings (SSSR count). The molecule has 0 atom stereocenters. The van der Waals surface area contributed by atoms with Crippen LogP contribution in [0.5, 0.6) is 0 Å². The molecule has 2 aromatic rings. The molecule has 0 saturated heterocycles. The van der Waals surface area contributed by atoms with Crippen LogP contribution in [-0.2, 0) is 6.18 Å². The Kier molecular flexibility index (Phi) is 4.77. The average Bonchev–Trinajstić information content (AvgIpc) is 2.45. The molecule has 0 spiro atoms. The fraction of sp³-hybridized carbons (Fsp3) is 0.312. The lowest BCUT2D eigenvalue weighted by molar-refractivity contribution is -0.137. The van der Waals surface area contributed by atoms with Crippen molar-refractivity contribution in [2.45, 2.75) is 32.5 Å². The van der Waals surface area contributed by atoms with Crippen LogP contribution in [0.15, 0.2) is 36.5 Å². The van der Waals surface area contributed by atoms with Gasteiger partial charge in [-0.1, -0.05) is 0 Å². The molecule has 128 valence electrons. The number of carbonyl (C=O) groups excluding carboxylic acids is 1. The number of nitrogens with zero attached hydrogens (tertiary/aromatic N) is 2. The van der Waals surface area contributed by atoms with Gasteiger partial charge in [-0.15, -0.1) is 0 Å². The van der Waals surface area contributed by atoms with E-state index in [-0.39, 0.29) is 16.9 Å². The van der Waals surface area contributed by atoms with Crippen LogP contribution in [0.25, 0.3) is 0 Å². The summed E-state index contributed by atoms with van der Waals surface area (Å²) in [6, 6.07) is 5.62. The van der Waals surface area contributed by atoms with Gasteiger partial charge in [-0.3, -0.25) is 4.79 Å². The van der Waals surface area contributed by atoms with Crippen molar-refractivity contribution in [2.24, 2.45) is 0 Å². The van der Waals surface area contributed by atoms with Crippen molar-refractivity contribution >= 4 is 17.5 Å². The van der Waals surface area contributed by atoms with Crippen molar-refractivity contribution in [1.29, 1.82) is 0 Å². The Balaban J connectivity index is 2.11. The number of nitrogens with one attached hydrogen (secondary N) is 2. The molecule has 1 heterocycles. The molecule has 0 unspecified atom stereocenters. The summed E-state index contributed by atoms with van der Waals surface area (Å²) in [4.78, 5) is 20.3. The summed E-state index contributed by atoms with van der Waals surface area (Å²) < 4.78 is 37.5. The highest BCUT2D eigenvalue weighted by atomic mass is 19.4. The number of hydrogen-bond acceptors (Lipinski definition) is 4. The molecule has 1 aromatic heterocycles. The number of aromatic nitrogens is 2. The van der Waals surface area contributed by atoms with Gasteiger partial charge in [0, 0.05) is 17.4 Å². The van der Waals surface area contributed by atoms with E-state index in [1.165, 1.54) is 24.4 Å². The van der Waals surface area contributed by atoms with Gasteiger partial charge in [-0.25, -0.2) is 9.97 Å². The van der Waals surface area contributed by atoms with Crippen LogP contribution in [0.4, 0.5) is 24.8 Å². The number of amides is 1. The number of carbonyl (C=O) groups is 1. The average molecular weight is 338 g/mol. The van der Waals surface area contributed by atoms with Gasteiger partial charge in [0.2, 0.25) is 5.95 Å². The summed E-state index contributed by atoms with van der Waals surface area (Å²) in [5.41, 5.74) is -0.699. The first-order valence-electron chi connectivity index (χ1n) is 7.14. The Morgan fingerprint density at radius 1 is 1.04 bits per heavy atom.